The topological polar surface area (TPSA) is 89.4 Å². The molecule has 1 saturated heterocycles. The summed E-state index contributed by atoms with van der Waals surface area (Å²) in [5, 5.41) is 3.05. The van der Waals surface area contributed by atoms with Crippen LogP contribution in [0.15, 0.2) is 29.2 Å². The lowest BCUT2D eigenvalue weighted by Crippen LogP contribution is -2.40. The van der Waals surface area contributed by atoms with Crippen LogP contribution in [-0.2, 0) is 27.5 Å². The number of hydrogen-bond donors (Lipinski definition) is 2. The Bertz CT molecular complexity index is 1320. The van der Waals surface area contributed by atoms with Crippen molar-refractivity contribution in [3.8, 4) is 11.3 Å². The van der Waals surface area contributed by atoms with E-state index in [0.29, 0.717) is 61.5 Å². The minimum Gasteiger partial charge on any atom is -0.381 e. The molecule has 1 aromatic heterocycles. The molecule has 2 aromatic rings. The van der Waals surface area contributed by atoms with Gasteiger partial charge in [0.05, 0.1) is 16.0 Å². The molecule has 0 unspecified atom stereocenters. The summed E-state index contributed by atoms with van der Waals surface area (Å²) in [5.41, 5.74) is -0.408. The van der Waals surface area contributed by atoms with E-state index in [4.69, 9.17) is 4.74 Å². The average molecular weight is 584 g/mol. The van der Waals surface area contributed by atoms with Gasteiger partial charge in [-0.1, -0.05) is 19.3 Å². The van der Waals surface area contributed by atoms with Crippen molar-refractivity contribution < 1.29 is 31.1 Å². The van der Waals surface area contributed by atoms with E-state index < -0.39 is 32.2 Å². The summed E-state index contributed by atoms with van der Waals surface area (Å²) in [6.45, 7) is 8.34. The molecule has 0 spiro atoms. The van der Waals surface area contributed by atoms with Crippen LogP contribution in [-0.4, -0.2) is 43.7 Å². The van der Waals surface area contributed by atoms with Gasteiger partial charge in [-0.05, 0) is 83.6 Å². The Morgan fingerprint density at radius 1 is 1.00 bits per heavy atom. The van der Waals surface area contributed by atoms with Gasteiger partial charge in [0.2, 0.25) is 10.0 Å². The predicted octanol–water partition coefficient (Wildman–Crippen LogP) is 6.05. The number of alkyl halides is 3. The van der Waals surface area contributed by atoms with Crippen LogP contribution in [0.2, 0.25) is 0 Å². The molecule has 11 heteroatoms. The zero-order chi connectivity index (χ0) is 29.3. The first-order valence-electron chi connectivity index (χ1n) is 14.0. The van der Waals surface area contributed by atoms with Crippen LogP contribution in [0.5, 0.6) is 0 Å². The van der Waals surface area contributed by atoms with E-state index in [-0.39, 0.29) is 17.5 Å². The van der Waals surface area contributed by atoms with Gasteiger partial charge in [-0.25, -0.2) is 13.1 Å². The predicted molar refractivity (Wildman–Crippen MR) is 148 cm³/mol. The lowest BCUT2D eigenvalue weighted by atomic mass is 9.89. The summed E-state index contributed by atoms with van der Waals surface area (Å²) in [6.07, 6.45) is 1.94. The normalized spacial score (nSPS) is 18.2. The first-order valence-corrected chi connectivity index (χ1v) is 15.5. The number of ether oxygens (including phenoxy) is 1. The molecule has 4 rings (SSSR count). The lowest BCUT2D eigenvalue weighted by Gasteiger charge is -2.25. The fourth-order valence-corrected chi connectivity index (χ4v) is 7.10. The summed E-state index contributed by atoms with van der Waals surface area (Å²) in [7, 11) is -4.26. The Morgan fingerprint density at radius 3 is 2.25 bits per heavy atom. The quantitative estimate of drug-likeness (QED) is 0.416. The second kappa shape index (κ2) is 11.9. The van der Waals surface area contributed by atoms with Gasteiger partial charge in [-0.15, -0.1) is 0 Å². The number of sulfonamides is 1. The number of carbonyl (C=O) groups excluding carboxylic acids is 1. The number of benzene rings is 1. The largest absolute Gasteiger partial charge is 0.416 e. The van der Waals surface area contributed by atoms with Crippen LogP contribution in [0, 0.1) is 12.8 Å². The highest BCUT2D eigenvalue weighted by molar-refractivity contribution is 7.89. The molecule has 0 atom stereocenters. The molecular weight excluding hydrogens is 543 g/mol. The minimum absolute atomic E-state index is 0.0421. The molecule has 1 saturated carbocycles. The first-order chi connectivity index (χ1) is 18.6. The van der Waals surface area contributed by atoms with Crippen molar-refractivity contribution in [2.24, 2.45) is 5.92 Å². The fourth-order valence-electron chi connectivity index (χ4n) is 5.61. The number of amides is 1. The fraction of sp³-hybridized carbons (Fsp3) is 0.621. The Hall–Kier alpha value is -2.37. The summed E-state index contributed by atoms with van der Waals surface area (Å²) < 4.78 is 78.2. The average Bonchev–Trinajstić information content (AvgIpc) is 3.19. The maximum Gasteiger partial charge on any atom is 0.416 e. The van der Waals surface area contributed by atoms with Gasteiger partial charge in [-0.2, -0.15) is 13.2 Å². The highest BCUT2D eigenvalue weighted by Gasteiger charge is 2.34. The highest BCUT2D eigenvalue weighted by atomic mass is 32.2. The van der Waals surface area contributed by atoms with Gasteiger partial charge in [0.15, 0.2) is 0 Å². The van der Waals surface area contributed by atoms with Crippen molar-refractivity contribution in [2.75, 3.05) is 13.2 Å². The molecule has 0 radical (unpaired) electrons. The third kappa shape index (κ3) is 7.47. The summed E-state index contributed by atoms with van der Waals surface area (Å²) in [6, 6.07) is 4.48. The molecule has 0 bridgehead atoms. The van der Waals surface area contributed by atoms with Crippen molar-refractivity contribution >= 4 is 15.9 Å². The minimum atomic E-state index is -4.76. The smallest absolute Gasteiger partial charge is 0.381 e. The molecule has 222 valence electrons. The van der Waals surface area contributed by atoms with Gasteiger partial charge < -0.3 is 14.6 Å². The Balaban J connectivity index is 1.83. The van der Waals surface area contributed by atoms with E-state index in [0.717, 1.165) is 38.2 Å². The molecule has 2 aliphatic rings. The number of hydrogen-bond acceptors (Lipinski definition) is 4. The molecule has 2 N–H and O–H groups in total. The number of nitrogens with zero attached hydrogens (tertiary/aromatic N) is 1. The van der Waals surface area contributed by atoms with Crippen molar-refractivity contribution in [1.29, 1.82) is 0 Å². The third-order valence-electron chi connectivity index (χ3n) is 7.61. The molecule has 7 nitrogen and oxygen atoms in total. The molecule has 1 amide bonds. The molecule has 1 aromatic carbocycles. The van der Waals surface area contributed by atoms with E-state index in [9.17, 15) is 26.4 Å². The third-order valence-corrected chi connectivity index (χ3v) is 9.35. The van der Waals surface area contributed by atoms with E-state index in [2.05, 4.69) is 10.0 Å². The molecule has 1 aliphatic heterocycles. The second-order valence-corrected chi connectivity index (χ2v) is 13.8. The van der Waals surface area contributed by atoms with E-state index in [1.165, 1.54) is 6.07 Å². The van der Waals surface area contributed by atoms with Crippen LogP contribution in [0.25, 0.3) is 11.3 Å². The van der Waals surface area contributed by atoms with Gasteiger partial charge in [-0.3, -0.25) is 4.79 Å². The maximum atomic E-state index is 14.0. The van der Waals surface area contributed by atoms with Crippen molar-refractivity contribution in [3.05, 3.63) is 41.1 Å². The zero-order valence-electron chi connectivity index (χ0n) is 23.7. The maximum absolute atomic E-state index is 14.0. The van der Waals surface area contributed by atoms with E-state index in [1.54, 1.807) is 33.8 Å². The van der Waals surface area contributed by atoms with Crippen LogP contribution in [0.1, 0.15) is 87.3 Å². The standard InChI is InChI=1S/C29H40F3N3O4S/c1-19-25(27(36)33-23-10-12-39-13-11-23)17-26(35(19)18-20-8-6-5-7-9-20)21-14-22(29(30,31)32)16-24(15-21)40(37,38)34-28(2,3)4/h14-17,20,23,34H,5-13,18H2,1-4H3,(H,33,36). The highest BCUT2D eigenvalue weighted by Crippen LogP contribution is 2.37. The van der Waals surface area contributed by atoms with Crippen molar-refractivity contribution in [2.45, 2.75) is 102 Å². The van der Waals surface area contributed by atoms with Crippen molar-refractivity contribution in [3.63, 3.8) is 0 Å². The lowest BCUT2D eigenvalue weighted by molar-refractivity contribution is -0.137. The van der Waals surface area contributed by atoms with Gasteiger partial charge in [0.25, 0.3) is 5.91 Å². The first kappa shape index (κ1) is 30.6. The van der Waals surface area contributed by atoms with Crippen LogP contribution in [0.3, 0.4) is 0 Å². The van der Waals surface area contributed by atoms with Crippen LogP contribution >= 0.6 is 0 Å². The van der Waals surface area contributed by atoms with Gasteiger partial charge >= 0.3 is 6.18 Å². The number of halogens is 3. The molecule has 2 heterocycles. The SMILES string of the molecule is Cc1c(C(=O)NC2CCOCC2)cc(-c2cc(C(F)(F)F)cc(S(=O)(=O)NC(C)(C)C)c2)n1CC1CCCCC1. The Labute approximate surface area is 234 Å². The number of aromatic nitrogens is 1. The molecule has 40 heavy (non-hydrogen) atoms. The summed E-state index contributed by atoms with van der Waals surface area (Å²) in [4.78, 5) is 12.9. The number of carbonyl (C=O) groups is 1. The zero-order valence-corrected chi connectivity index (χ0v) is 24.5. The van der Waals surface area contributed by atoms with Gasteiger partial charge in [0.1, 0.15) is 0 Å². The van der Waals surface area contributed by atoms with E-state index in [1.807, 2.05) is 4.57 Å². The Kier molecular flexibility index (Phi) is 9.06. The Morgan fingerprint density at radius 2 is 1.65 bits per heavy atom. The summed E-state index contributed by atoms with van der Waals surface area (Å²) >= 11 is 0. The molecular formula is C29H40F3N3O4S. The van der Waals surface area contributed by atoms with Crippen molar-refractivity contribution in [1.82, 2.24) is 14.6 Å². The number of rotatable bonds is 7. The number of nitrogens with one attached hydrogen (secondary N) is 2. The summed E-state index contributed by atoms with van der Waals surface area (Å²) in [5.74, 6) is 0.0313. The van der Waals surface area contributed by atoms with E-state index >= 15 is 0 Å². The van der Waals surface area contributed by atoms with Gasteiger partial charge in [0, 0.05) is 48.3 Å². The monoisotopic (exact) mass is 583 g/mol. The second-order valence-electron chi connectivity index (χ2n) is 12.1. The van der Waals surface area contributed by atoms with Crippen LogP contribution in [0.4, 0.5) is 13.2 Å². The molecule has 2 fully saturated rings. The van der Waals surface area contributed by atoms with Crippen LogP contribution < -0.4 is 10.0 Å². The molecule has 1 aliphatic carbocycles.